The van der Waals surface area contributed by atoms with E-state index in [1.54, 1.807) is 17.0 Å². The van der Waals surface area contributed by atoms with Crippen molar-refractivity contribution in [2.75, 3.05) is 31.1 Å². The van der Waals surface area contributed by atoms with E-state index < -0.39 is 6.04 Å². The number of amides is 1. The molecule has 126 valence electrons. The number of hydrogen-bond donors (Lipinski definition) is 1. The molecule has 5 heteroatoms. The number of hydrogen-bond acceptors (Lipinski definition) is 3. The normalized spacial score (nSPS) is 16.1. The molecule has 0 radical (unpaired) electrons. The topological polar surface area (TPSA) is 49.6 Å². The highest BCUT2D eigenvalue weighted by Gasteiger charge is 2.26. The molecule has 1 atom stereocenters. The second-order valence-electron chi connectivity index (χ2n) is 6.06. The smallest absolute Gasteiger partial charge is 0.239 e. The average molecular weight is 327 g/mol. The third-order valence-electron chi connectivity index (χ3n) is 4.40. The number of carbonyl (C=O) groups is 1. The van der Waals surface area contributed by atoms with Crippen LogP contribution in [0.4, 0.5) is 10.1 Å². The van der Waals surface area contributed by atoms with Crippen LogP contribution in [0, 0.1) is 5.82 Å². The Morgan fingerprint density at radius 2 is 1.62 bits per heavy atom. The molecule has 1 saturated heterocycles. The average Bonchev–Trinajstić information content (AvgIpc) is 2.62. The van der Waals surface area contributed by atoms with Gasteiger partial charge < -0.3 is 15.5 Å². The molecule has 2 N–H and O–H groups in total. The summed E-state index contributed by atoms with van der Waals surface area (Å²) in [6.07, 6.45) is 0.535. The van der Waals surface area contributed by atoms with Gasteiger partial charge in [0, 0.05) is 26.2 Å². The van der Waals surface area contributed by atoms with E-state index in [-0.39, 0.29) is 11.7 Å². The van der Waals surface area contributed by atoms with E-state index in [9.17, 15) is 9.18 Å². The Labute approximate surface area is 141 Å². The highest BCUT2D eigenvalue weighted by Crippen LogP contribution is 2.20. The number of anilines is 1. The Bertz CT molecular complexity index is 684. The minimum atomic E-state index is -0.535. The molecule has 1 heterocycles. The van der Waals surface area contributed by atoms with E-state index in [4.69, 9.17) is 5.73 Å². The number of para-hydroxylation sites is 1. The highest BCUT2D eigenvalue weighted by atomic mass is 19.1. The lowest BCUT2D eigenvalue weighted by Crippen LogP contribution is -2.53. The van der Waals surface area contributed by atoms with Crippen LogP contribution in [-0.2, 0) is 11.2 Å². The zero-order chi connectivity index (χ0) is 16.9. The number of piperazine rings is 1. The Balaban J connectivity index is 1.56. The van der Waals surface area contributed by atoms with Crippen molar-refractivity contribution in [3.63, 3.8) is 0 Å². The molecule has 4 nitrogen and oxygen atoms in total. The van der Waals surface area contributed by atoms with Crippen molar-refractivity contribution in [2.45, 2.75) is 12.5 Å². The largest absolute Gasteiger partial charge is 0.366 e. The van der Waals surface area contributed by atoms with Crippen LogP contribution >= 0.6 is 0 Å². The summed E-state index contributed by atoms with van der Waals surface area (Å²) in [5.41, 5.74) is 7.74. The molecule has 1 aliphatic rings. The van der Waals surface area contributed by atoms with Gasteiger partial charge in [-0.25, -0.2) is 4.39 Å². The SMILES string of the molecule is NC(Cc1ccccc1)C(=O)N1CCN(c2ccccc2F)CC1. The zero-order valence-electron chi connectivity index (χ0n) is 13.6. The lowest BCUT2D eigenvalue weighted by Gasteiger charge is -2.37. The molecule has 0 spiro atoms. The fraction of sp³-hybridized carbons (Fsp3) is 0.316. The van der Waals surface area contributed by atoms with Gasteiger partial charge in [-0.05, 0) is 24.1 Å². The minimum absolute atomic E-state index is 0.0352. The molecular formula is C19H22FN3O. The van der Waals surface area contributed by atoms with E-state index in [1.165, 1.54) is 6.07 Å². The molecule has 2 aromatic rings. The molecule has 1 amide bonds. The minimum Gasteiger partial charge on any atom is -0.366 e. The summed E-state index contributed by atoms with van der Waals surface area (Å²) in [6.45, 7) is 2.36. The Hall–Kier alpha value is -2.40. The van der Waals surface area contributed by atoms with Gasteiger partial charge in [0.25, 0.3) is 0 Å². The van der Waals surface area contributed by atoms with Crippen molar-refractivity contribution in [1.82, 2.24) is 4.90 Å². The summed E-state index contributed by atoms with van der Waals surface area (Å²) in [5.74, 6) is -0.259. The maximum atomic E-state index is 13.9. The molecular weight excluding hydrogens is 305 g/mol. The van der Waals surface area contributed by atoms with Gasteiger partial charge >= 0.3 is 0 Å². The number of nitrogens with two attached hydrogens (primary N) is 1. The molecule has 0 aromatic heterocycles. The quantitative estimate of drug-likeness (QED) is 0.935. The van der Waals surface area contributed by atoms with Crippen LogP contribution in [0.1, 0.15) is 5.56 Å². The van der Waals surface area contributed by atoms with Crippen molar-refractivity contribution >= 4 is 11.6 Å². The summed E-state index contributed by atoms with van der Waals surface area (Å²) < 4.78 is 13.9. The van der Waals surface area contributed by atoms with Crippen LogP contribution in [0.3, 0.4) is 0 Å². The van der Waals surface area contributed by atoms with Crippen LogP contribution in [0.5, 0.6) is 0 Å². The Morgan fingerprint density at radius 1 is 1.00 bits per heavy atom. The third-order valence-corrected chi connectivity index (χ3v) is 4.40. The Kier molecular flexibility index (Phi) is 5.11. The zero-order valence-corrected chi connectivity index (χ0v) is 13.6. The van der Waals surface area contributed by atoms with E-state index in [0.29, 0.717) is 38.3 Å². The van der Waals surface area contributed by atoms with Gasteiger partial charge in [0.15, 0.2) is 0 Å². The molecule has 0 aliphatic carbocycles. The first kappa shape index (κ1) is 16.5. The van der Waals surface area contributed by atoms with Crippen molar-refractivity contribution < 1.29 is 9.18 Å². The van der Waals surface area contributed by atoms with Crippen molar-refractivity contribution in [1.29, 1.82) is 0 Å². The number of halogens is 1. The summed E-state index contributed by atoms with van der Waals surface area (Å²) in [7, 11) is 0. The second kappa shape index (κ2) is 7.45. The van der Waals surface area contributed by atoms with Crippen LogP contribution in [0.25, 0.3) is 0 Å². The molecule has 0 bridgehead atoms. The van der Waals surface area contributed by atoms with Crippen molar-refractivity contribution in [3.8, 4) is 0 Å². The van der Waals surface area contributed by atoms with Crippen LogP contribution in [-0.4, -0.2) is 43.0 Å². The Morgan fingerprint density at radius 3 is 2.29 bits per heavy atom. The standard InChI is InChI=1S/C19H22FN3O/c20-16-8-4-5-9-18(16)22-10-12-23(13-11-22)19(24)17(21)14-15-6-2-1-3-7-15/h1-9,17H,10-14,21H2. The van der Waals surface area contributed by atoms with Crippen LogP contribution < -0.4 is 10.6 Å². The first-order chi connectivity index (χ1) is 11.6. The predicted molar refractivity (Wildman–Crippen MR) is 93.3 cm³/mol. The van der Waals surface area contributed by atoms with Gasteiger partial charge in [0.2, 0.25) is 5.91 Å². The highest BCUT2D eigenvalue weighted by molar-refractivity contribution is 5.82. The summed E-state index contributed by atoms with van der Waals surface area (Å²) in [5, 5.41) is 0. The first-order valence-corrected chi connectivity index (χ1v) is 8.23. The van der Waals surface area contributed by atoms with Gasteiger partial charge in [-0.3, -0.25) is 4.79 Å². The van der Waals surface area contributed by atoms with E-state index >= 15 is 0 Å². The van der Waals surface area contributed by atoms with Crippen LogP contribution in [0.15, 0.2) is 54.6 Å². The molecule has 1 unspecified atom stereocenters. The maximum absolute atomic E-state index is 13.9. The lowest BCUT2D eigenvalue weighted by atomic mass is 10.1. The van der Waals surface area contributed by atoms with E-state index in [2.05, 4.69) is 0 Å². The summed E-state index contributed by atoms with van der Waals surface area (Å²) >= 11 is 0. The van der Waals surface area contributed by atoms with Gasteiger partial charge in [0.1, 0.15) is 5.82 Å². The monoisotopic (exact) mass is 327 g/mol. The van der Waals surface area contributed by atoms with Crippen molar-refractivity contribution in [3.05, 3.63) is 66.0 Å². The predicted octanol–water partition coefficient (Wildman–Crippen LogP) is 2.04. The molecule has 2 aromatic carbocycles. The van der Waals surface area contributed by atoms with Crippen LogP contribution in [0.2, 0.25) is 0 Å². The summed E-state index contributed by atoms with van der Waals surface area (Å²) in [4.78, 5) is 16.3. The second-order valence-corrected chi connectivity index (χ2v) is 6.06. The number of rotatable bonds is 4. The molecule has 1 aliphatic heterocycles. The number of carbonyl (C=O) groups excluding carboxylic acids is 1. The molecule has 3 rings (SSSR count). The first-order valence-electron chi connectivity index (χ1n) is 8.23. The summed E-state index contributed by atoms with van der Waals surface area (Å²) in [6, 6.07) is 16.0. The fourth-order valence-corrected chi connectivity index (χ4v) is 3.07. The van der Waals surface area contributed by atoms with E-state index in [0.717, 1.165) is 5.56 Å². The van der Waals surface area contributed by atoms with E-state index in [1.807, 2.05) is 41.3 Å². The molecule has 0 saturated carbocycles. The lowest BCUT2D eigenvalue weighted by molar-refractivity contribution is -0.132. The molecule has 1 fully saturated rings. The van der Waals surface area contributed by atoms with Gasteiger partial charge in [0.05, 0.1) is 11.7 Å². The maximum Gasteiger partial charge on any atom is 0.239 e. The van der Waals surface area contributed by atoms with Gasteiger partial charge in [-0.2, -0.15) is 0 Å². The number of benzene rings is 2. The third kappa shape index (κ3) is 3.74. The van der Waals surface area contributed by atoms with Gasteiger partial charge in [-0.15, -0.1) is 0 Å². The number of nitrogens with zero attached hydrogens (tertiary/aromatic N) is 2. The van der Waals surface area contributed by atoms with Gasteiger partial charge in [-0.1, -0.05) is 42.5 Å². The van der Waals surface area contributed by atoms with Crippen molar-refractivity contribution in [2.24, 2.45) is 5.73 Å². The fourth-order valence-electron chi connectivity index (χ4n) is 3.07. The molecule has 24 heavy (non-hydrogen) atoms.